The smallest absolute Gasteiger partial charge is 0.133 e. The molecular formula is C17H21N3. The van der Waals surface area contributed by atoms with Crippen LogP contribution in [0, 0.1) is 0 Å². The van der Waals surface area contributed by atoms with Crippen molar-refractivity contribution in [1.29, 1.82) is 0 Å². The highest BCUT2D eigenvalue weighted by molar-refractivity contribution is 5.43. The Morgan fingerprint density at radius 1 is 1.15 bits per heavy atom. The molecule has 1 atom stereocenters. The standard InChI is InChI=1S/C17H21N3/c1-13(2)17-18-11-10-16(19-17)20-12-6-9-15(20)14-7-4-3-5-8-14/h3-5,7-8,10-11,13,15H,6,9,12H2,1-2H3. The van der Waals surface area contributed by atoms with Crippen LogP contribution in [0.3, 0.4) is 0 Å². The van der Waals surface area contributed by atoms with Gasteiger partial charge in [0.1, 0.15) is 11.6 Å². The third-order valence-electron chi connectivity index (χ3n) is 3.91. The van der Waals surface area contributed by atoms with Crippen LogP contribution in [0.25, 0.3) is 0 Å². The maximum Gasteiger partial charge on any atom is 0.133 e. The van der Waals surface area contributed by atoms with Crippen LogP contribution in [0.5, 0.6) is 0 Å². The molecule has 0 aliphatic carbocycles. The van der Waals surface area contributed by atoms with Gasteiger partial charge >= 0.3 is 0 Å². The van der Waals surface area contributed by atoms with Crippen molar-refractivity contribution in [2.75, 3.05) is 11.4 Å². The normalized spacial score (nSPS) is 18.8. The topological polar surface area (TPSA) is 29.0 Å². The molecule has 0 radical (unpaired) electrons. The second-order valence-electron chi connectivity index (χ2n) is 5.69. The summed E-state index contributed by atoms with van der Waals surface area (Å²) in [7, 11) is 0. The number of benzene rings is 1. The zero-order chi connectivity index (χ0) is 13.9. The van der Waals surface area contributed by atoms with Crippen LogP contribution >= 0.6 is 0 Å². The Balaban J connectivity index is 1.91. The first-order valence-corrected chi connectivity index (χ1v) is 7.40. The summed E-state index contributed by atoms with van der Waals surface area (Å²) < 4.78 is 0. The fourth-order valence-corrected chi connectivity index (χ4v) is 2.86. The molecule has 3 rings (SSSR count). The number of hydrogen-bond acceptors (Lipinski definition) is 3. The highest BCUT2D eigenvalue weighted by Crippen LogP contribution is 2.35. The molecule has 1 aliphatic heterocycles. The average Bonchev–Trinajstić information content (AvgIpc) is 2.98. The van der Waals surface area contributed by atoms with E-state index in [9.17, 15) is 0 Å². The van der Waals surface area contributed by atoms with Crippen LogP contribution in [0.2, 0.25) is 0 Å². The quantitative estimate of drug-likeness (QED) is 0.843. The summed E-state index contributed by atoms with van der Waals surface area (Å²) in [6.45, 7) is 5.35. The summed E-state index contributed by atoms with van der Waals surface area (Å²) in [5.41, 5.74) is 1.38. The first kappa shape index (κ1) is 13.1. The van der Waals surface area contributed by atoms with Crippen LogP contribution < -0.4 is 4.90 Å². The zero-order valence-corrected chi connectivity index (χ0v) is 12.2. The molecule has 0 saturated carbocycles. The molecule has 1 saturated heterocycles. The van der Waals surface area contributed by atoms with Crippen LogP contribution in [0.1, 0.15) is 50.0 Å². The molecule has 3 heteroatoms. The lowest BCUT2D eigenvalue weighted by atomic mass is 10.0. The second kappa shape index (κ2) is 5.61. The molecule has 0 spiro atoms. The number of hydrogen-bond donors (Lipinski definition) is 0. The minimum atomic E-state index is 0.368. The minimum Gasteiger partial charge on any atom is -0.349 e. The summed E-state index contributed by atoms with van der Waals surface area (Å²) in [5, 5.41) is 0. The van der Waals surface area contributed by atoms with Gasteiger partial charge in [0.25, 0.3) is 0 Å². The van der Waals surface area contributed by atoms with Crippen LogP contribution in [-0.2, 0) is 0 Å². The molecule has 1 unspecified atom stereocenters. The highest BCUT2D eigenvalue weighted by atomic mass is 15.2. The third-order valence-corrected chi connectivity index (χ3v) is 3.91. The molecule has 3 nitrogen and oxygen atoms in total. The number of nitrogens with zero attached hydrogens (tertiary/aromatic N) is 3. The molecule has 0 N–H and O–H groups in total. The van der Waals surface area contributed by atoms with E-state index in [-0.39, 0.29) is 0 Å². The minimum absolute atomic E-state index is 0.368. The van der Waals surface area contributed by atoms with Gasteiger partial charge in [-0.3, -0.25) is 0 Å². The maximum atomic E-state index is 4.74. The van der Waals surface area contributed by atoms with Crippen molar-refractivity contribution in [3.63, 3.8) is 0 Å². The van der Waals surface area contributed by atoms with Crippen molar-refractivity contribution in [3.05, 3.63) is 54.0 Å². The van der Waals surface area contributed by atoms with E-state index < -0.39 is 0 Å². The molecule has 2 heterocycles. The molecule has 1 aliphatic rings. The molecular weight excluding hydrogens is 246 g/mol. The van der Waals surface area contributed by atoms with Gasteiger partial charge in [0.2, 0.25) is 0 Å². The lowest BCUT2D eigenvalue weighted by Gasteiger charge is -2.26. The van der Waals surface area contributed by atoms with Gasteiger partial charge in [-0.25, -0.2) is 9.97 Å². The monoisotopic (exact) mass is 267 g/mol. The van der Waals surface area contributed by atoms with Crippen LogP contribution in [0.15, 0.2) is 42.6 Å². The van der Waals surface area contributed by atoms with Gasteiger partial charge in [-0.05, 0) is 24.5 Å². The maximum absolute atomic E-state index is 4.74. The predicted molar refractivity (Wildman–Crippen MR) is 81.9 cm³/mol. The van der Waals surface area contributed by atoms with Gasteiger partial charge in [0.05, 0.1) is 6.04 Å². The molecule has 0 amide bonds. The lowest BCUT2D eigenvalue weighted by Crippen LogP contribution is -2.24. The van der Waals surface area contributed by atoms with Gasteiger partial charge in [0.15, 0.2) is 0 Å². The zero-order valence-electron chi connectivity index (χ0n) is 12.2. The third kappa shape index (κ3) is 2.53. The van der Waals surface area contributed by atoms with Crippen LogP contribution in [0.4, 0.5) is 5.82 Å². The highest BCUT2D eigenvalue weighted by Gasteiger charge is 2.27. The second-order valence-corrected chi connectivity index (χ2v) is 5.69. The number of aromatic nitrogens is 2. The lowest BCUT2D eigenvalue weighted by molar-refractivity contribution is 0.698. The number of anilines is 1. The van der Waals surface area contributed by atoms with E-state index in [2.05, 4.69) is 54.1 Å². The van der Waals surface area contributed by atoms with Gasteiger partial charge in [-0.1, -0.05) is 44.2 Å². The van der Waals surface area contributed by atoms with Crippen LogP contribution in [-0.4, -0.2) is 16.5 Å². The number of rotatable bonds is 3. The largest absolute Gasteiger partial charge is 0.349 e. The van der Waals surface area contributed by atoms with Gasteiger partial charge in [-0.2, -0.15) is 0 Å². The Hall–Kier alpha value is -1.90. The van der Waals surface area contributed by atoms with E-state index in [0.717, 1.165) is 18.2 Å². The first-order valence-electron chi connectivity index (χ1n) is 7.40. The van der Waals surface area contributed by atoms with Gasteiger partial charge in [-0.15, -0.1) is 0 Å². The van der Waals surface area contributed by atoms with E-state index in [1.807, 2.05) is 12.3 Å². The van der Waals surface area contributed by atoms with E-state index in [1.54, 1.807) is 0 Å². The summed E-state index contributed by atoms with van der Waals surface area (Å²) in [4.78, 5) is 11.5. The summed E-state index contributed by atoms with van der Waals surface area (Å²) >= 11 is 0. The van der Waals surface area contributed by atoms with Crippen molar-refractivity contribution in [2.45, 2.75) is 38.6 Å². The summed E-state index contributed by atoms with van der Waals surface area (Å²) in [6, 6.07) is 13.2. The van der Waals surface area contributed by atoms with Crippen molar-refractivity contribution >= 4 is 5.82 Å². The van der Waals surface area contributed by atoms with Gasteiger partial charge in [0, 0.05) is 18.7 Å². The SMILES string of the molecule is CC(C)c1nccc(N2CCCC2c2ccccc2)n1. The summed E-state index contributed by atoms with van der Waals surface area (Å²) in [5.74, 6) is 2.36. The van der Waals surface area contributed by atoms with E-state index in [4.69, 9.17) is 4.98 Å². The Bertz CT molecular complexity index is 565. The molecule has 1 aromatic carbocycles. The van der Waals surface area contributed by atoms with E-state index in [0.29, 0.717) is 12.0 Å². The molecule has 1 fully saturated rings. The van der Waals surface area contributed by atoms with Crippen molar-refractivity contribution in [2.24, 2.45) is 0 Å². The fraction of sp³-hybridized carbons (Fsp3) is 0.412. The molecule has 104 valence electrons. The fourth-order valence-electron chi connectivity index (χ4n) is 2.86. The average molecular weight is 267 g/mol. The Kier molecular flexibility index (Phi) is 3.68. The Labute approximate surface area is 120 Å². The Morgan fingerprint density at radius 2 is 1.95 bits per heavy atom. The predicted octanol–water partition coefficient (Wildman–Crippen LogP) is 3.94. The Morgan fingerprint density at radius 3 is 2.70 bits per heavy atom. The van der Waals surface area contributed by atoms with Crippen molar-refractivity contribution in [3.8, 4) is 0 Å². The van der Waals surface area contributed by atoms with E-state index >= 15 is 0 Å². The van der Waals surface area contributed by atoms with Gasteiger partial charge < -0.3 is 4.90 Å². The van der Waals surface area contributed by atoms with E-state index in [1.165, 1.54) is 18.4 Å². The van der Waals surface area contributed by atoms with Crippen molar-refractivity contribution < 1.29 is 0 Å². The summed E-state index contributed by atoms with van der Waals surface area (Å²) in [6.07, 6.45) is 4.31. The molecule has 2 aromatic rings. The molecule has 20 heavy (non-hydrogen) atoms. The molecule has 1 aromatic heterocycles. The van der Waals surface area contributed by atoms with Crippen molar-refractivity contribution in [1.82, 2.24) is 9.97 Å². The first-order chi connectivity index (χ1) is 9.75. The molecule has 0 bridgehead atoms.